The van der Waals surface area contributed by atoms with Crippen LogP contribution in [0.5, 0.6) is 0 Å². The average Bonchev–Trinajstić information content (AvgIpc) is 2.83. The second-order valence-corrected chi connectivity index (χ2v) is 6.10. The van der Waals surface area contributed by atoms with Crippen LogP contribution in [0.4, 0.5) is 0 Å². The zero-order chi connectivity index (χ0) is 12.7. The Bertz CT molecular complexity index is 199. The summed E-state index contributed by atoms with van der Waals surface area (Å²) in [5.41, 5.74) is 0.197. The van der Waals surface area contributed by atoms with Crippen molar-refractivity contribution in [1.82, 2.24) is 5.32 Å². The molecule has 2 unspecified atom stereocenters. The molecule has 1 aliphatic carbocycles. The van der Waals surface area contributed by atoms with Crippen LogP contribution in [0.15, 0.2) is 0 Å². The minimum Gasteiger partial charge on any atom is -0.396 e. The highest BCUT2D eigenvalue weighted by atomic mass is 16.3. The summed E-state index contributed by atoms with van der Waals surface area (Å²) in [6.45, 7) is 8.24. The molecule has 0 aromatic carbocycles. The lowest BCUT2D eigenvalue weighted by Gasteiger charge is -2.30. The lowest BCUT2D eigenvalue weighted by molar-refractivity contribution is 0.123. The largest absolute Gasteiger partial charge is 0.396 e. The van der Waals surface area contributed by atoms with Crippen LogP contribution in [0.2, 0.25) is 0 Å². The van der Waals surface area contributed by atoms with Gasteiger partial charge in [0.25, 0.3) is 0 Å². The van der Waals surface area contributed by atoms with Crippen molar-refractivity contribution in [1.29, 1.82) is 0 Å². The molecular weight excluding hydrogens is 210 g/mol. The van der Waals surface area contributed by atoms with E-state index < -0.39 is 0 Å². The standard InChI is InChI=1S/C15H31NO/c1-4-13(3)10-14(5-2)16-11-15(12-17)8-6-7-9-15/h13-14,16-17H,4-12H2,1-3H3. The molecule has 2 nitrogen and oxygen atoms in total. The van der Waals surface area contributed by atoms with Crippen LogP contribution in [-0.2, 0) is 0 Å². The predicted octanol–water partition coefficient (Wildman–Crippen LogP) is 3.34. The third-order valence-corrected chi connectivity index (χ3v) is 4.64. The van der Waals surface area contributed by atoms with E-state index in [0.29, 0.717) is 12.6 Å². The molecule has 102 valence electrons. The fraction of sp³-hybridized carbons (Fsp3) is 1.00. The van der Waals surface area contributed by atoms with Gasteiger partial charge in [-0.15, -0.1) is 0 Å². The number of aliphatic hydroxyl groups excluding tert-OH is 1. The maximum atomic E-state index is 9.59. The molecule has 0 radical (unpaired) electrons. The third-order valence-electron chi connectivity index (χ3n) is 4.64. The van der Waals surface area contributed by atoms with Gasteiger partial charge in [-0.2, -0.15) is 0 Å². The molecule has 0 saturated heterocycles. The molecule has 2 atom stereocenters. The Morgan fingerprint density at radius 2 is 1.82 bits per heavy atom. The van der Waals surface area contributed by atoms with E-state index in [4.69, 9.17) is 0 Å². The van der Waals surface area contributed by atoms with E-state index in [2.05, 4.69) is 26.1 Å². The Morgan fingerprint density at radius 3 is 2.29 bits per heavy atom. The lowest BCUT2D eigenvalue weighted by atomic mass is 9.86. The summed E-state index contributed by atoms with van der Waals surface area (Å²) >= 11 is 0. The predicted molar refractivity (Wildman–Crippen MR) is 74.1 cm³/mol. The summed E-state index contributed by atoms with van der Waals surface area (Å²) in [5, 5.41) is 13.3. The van der Waals surface area contributed by atoms with E-state index in [1.165, 1.54) is 44.9 Å². The monoisotopic (exact) mass is 241 g/mol. The van der Waals surface area contributed by atoms with E-state index in [1.54, 1.807) is 0 Å². The summed E-state index contributed by atoms with van der Waals surface area (Å²) in [4.78, 5) is 0. The Labute approximate surface area is 107 Å². The summed E-state index contributed by atoms with van der Waals surface area (Å²) in [6.07, 6.45) is 8.74. The Morgan fingerprint density at radius 1 is 1.18 bits per heavy atom. The second-order valence-electron chi connectivity index (χ2n) is 6.10. The summed E-state index contributed by atoms with van der Waals surface area (Å²) < 4.78 is 0. The van der Waals surface area contributed by atoms with Crippen LogP contribution in [0, 0.1) is 11.3 Å². The SMILES string of the molecule is CCC(C)CC(CC)NCC1(CO)CCCC1. The van der Waals surface area contributed by atoms with Gasteiger partial charge < -0.3 is 10.4 Å². The molecule has 1 saturated carbocycles. The zero-order valence-corrected chi connectivity index (χ0v) is 12.0. The molecule has 0 amide bonds. The first-order chi connectivity index (χ1) is 8.15. The summed E-state index contributed by atoms with van der Waals surface area (Å²) in [5.74, 6) is 0.807. The molecule has 1 fully saturated rings. The highest BCUT2D eigenvalue weighted by Gasteiger charge is 2.33. The minimum atomic E-state index is 0.197. The Kier molecular flexibility index (Phi) is 6.50. The van der Waals surface area contributed by atoms with Crippen LogP contribution in [0.25, 0.3) is 0 Å². The van der Waals surface area contributed by atoms with Crippen LogP contribution >= 0.6 is 0 Å². The Balaban J connectivity index is 2.35. The number of hydrogen-bond donors (Lipinski definition) is 2. The van der Waals surface area contributed by atoms with Gasteiger partial charge in [-0.25, -0.2) is 0 Å². The van der Waals surface area contributed by atoms with Crippen molar-refractivity contribution < 1.29 is 5.11 Å². The normalized spacial score (nSPS) is 22.6. The van der Waals surface area contributed by atoms with Gasteiger partial charge in [0.1, 0.15) is 0 Å². The van der Waals surface area contributed by atoms with Crippen molar-refractivity contribution in [3.63, 3.8) is 0 Å². The van der Waals surface area contributed by atoms with Gasteiger partial charge in [0.05, 0.1) is 0 Å². The molecule has 0 aromatic rings. The number of hydrogen-bond acceptors (Lipinski definition) is 2. The van der Waals surface area contributed by atoms with Gasteiger partial charge in [0, 0.05) is 24.6 Å². The van der Waals surface area contributed by atoms with E-state index in [9.17, 15) is 5.11 Å². The van der Waals surface area contributed by atoms with Gasteiger partial charge in [0.15, 0.2) is 0 Å². The fourth-order valence-corrected chi connectivity index (χ4v) is 2.92. The average molecular weight is 241 g/mol. The van der Waals surface area contributed by atoms with Crippen molar-refractivity contribution in [3.8, 4) is 0 Å². The third kappa shape index (κ3) is 4.59. The van der Waals surface area contributed by atoms with Crippen molar-refractivity contribution in [2.75, 3.05) is 13.2 Å². The van der Waals surface area contributed by atoms with Crippen LogP contribution < -0.4 is 5.32 Å². The van der Waals surface area contributed by atoms with Crippen molar-refractivity contribution in [2.45, 2.75) is 71.8 Å². The lowest BCUT2D eigenvalue weighted by Crippen LogP contribution is -2.41. The number of nitrogens with one attached hydrogen (secondary N) is 1. The van der Waals surface area contributed by atoms with Crippen LogP contribution in [-0.4, -0.2) is 24.3 Å². The number of rotatable bonds is 8. The van der Waals surface area contributed by atoms with Gasteiger partial charge >= 0.3 is 0 Å². The Hall–Kier alpha value is -0.0800. The number of aliphatic hydroxyl groups is 1. The quantitative estimate of drug-likeness (QED) is 0.683. The van der Waals surface area contributed by atoms with Crippen LogP contribution in [0.3, 0.4) is 0 Å². The molecule has 0 bridgehead atoms. The molecule has 2 heteroatoms. The van der Waals surface area contributed by atoms with E-state index in [-0.39, 0.29) is 5.41 Å². The van der Waals surface area contributed by atoms with E-state index >= 15 is 0 Å². The van der Waals surface area contributed by atoms with Gasteiger partial charge in [-0.05, 0) is 31.6 Å². The van der Waals surface area contributed by atoms with Crippen molar-refractivity contribution in [3.05, 3.63) is 0 Å². The van der Waals surface area contributed by atoms with Crippen LogP contribution in [0.1, 0.15) is 65.7 Å². The summed E-state index contributed by atoms with van der Waals surface area (Å²) in [6, 6.07) is 0.633. The molecule has 17 heavy (non-hydrogen) atoms. The smallest absolute Gasteiger partial charge is 0.0499 e. The van der Waals surface area contributed by atoms with Crippen molar-refractivity contribution in [2.24, 2.45) is 11.3 Å². The minimum absolute atomic E-state index is 0.197. The molecule has 0 spiro atoms. The topological polar surface area (TPSA) is 32.3 Å². The molecule has 1 rings (SSSR count). The zero-order valence-electron chi connectivity index (χ0n) is 12.0. The molecular formula is C15H31NO. The van der Waals surface area contributed by atoms with Gasteiger partial charge in [-0.3, -0.25) is 0 Å². The first-order valence-corrected chi connectivity index (χ1v) is 7.50. The maximum absolute atomic E-state index is 9.59. The van der Waals surface area contributed by atoms with E-state index in [1.807, 2.05) is 0 Å². The van der Waals surface area contributed by atoms with Gasteiger partial charge in [-0.1, -0.05) is 40.0 Å². The van der Waals surface area contributed by atoms with Crippen molar-refractivity contribution >= 4 is 0 Å². The first-order valence-electron chi connectivity index (χ1n) is 7.50. The molecule has 0 aromatic heterocycles. The molecule has 1 aliphatic rings. The molecule has 2 N–H and O–H groups in total. The first kappa shape index (κ1) is 15.0. The highest BCUT2D eigenvalue weighted by Crippen LogP contribution is 2.37. The van der Waals surface area contributed by atoms with Gasteiger partial charge in [0.2, 0.25) is 0 Å². The maximum Gasteiger partial charge on any atom is 0.0499 e. The molecule has 0 aliphatic heterocycles. The highest BCUT2D eigenvalue weighted by molar-refractivity contribution is 4.87. The second kappa shape index (κ2) is 7.38. The molecule has 0 heterocycles. The van der Waals surface area contributed by atoms with E-state index in [0.717, 1.165) is 12.5 Å². The summed E-state index contributed by atoms with van der Waals surface area (Å²) in [7, 11) is 0. The fourth-order valence-electron chi connectivity index (χ4n) is 2.92.